The van der Waals surface area contributed by atoms with Gasteiger partial charge in [-0.15, -0.1) is 0 Å². The first-order valence-electron chi connectivity index (χ1n) is 7.64. The predicted octanol–water partition coefficient (Wildman–Crippen LogP) is 2.56. The number of rotatable bonds is 5. The van der Waals surface area contributed by atoms with Crippen molar-refractivity contribution < 1.29 is 9.53 Å². The number of benzene rings is 1. The highest BCUT2D eigenvalue weighted by Gasteiger charge is 2.30. The van der Waals surface area contributed by atoms with Gasteiger partial charge in [-0.25, -0.2) is 0 Å². The van der Waals surface area contributed by atoms with Crippen LogP contribution in [0.5, 0.6) is 5.75 Å². The quantitative estimate of drug-likeness (QED) is 0.876. The lowest BCUT2D eigenvalue weighted by atomic mass is 9.92. The van der Waals surface area contributed by atoms with Crippen molar-refractivity contribution in [3.8, 4) is 5.75 Å². The molecule has 116 valence electrons. The van der Waals surface area contributed by atoms with Crippen molar-refractivity contribution in [1.82, 2.24) is 5.32 Å². The van der Waals surface area contributed by atoms with Crippen molar-refractivity contribution in [2.24, 2.45) is 11.7 Å². The summed E-state index contributed by atoms with van der Waals surface area (Å²) in [7, 11) is 1.65. The summed E-state index contributed by atoms with van der Waals surface area (Å²) in [6, 6.07) is 7.96. The van der Waals surface area contributed by atoms with Gasteiger partial charge >= 0.3 is 0 Å². The van der Waals surface area contributed by atoms with E-state index < -0.39 is 5.54 Å². The monoisotopic (exact) mass is 290 g/mol. The molecule has 0 spiro atoms. The topological polar surface area (TPSA) is 64.3 Å². The number of nitrogens with one attached hydrogen (secondary N) is 1. The Kier molecular flexibility index (Phi) is 4.88. The number of hydrogen-bond acceptors (Lipinski definition) is 3. The van der Waals surface area contributed by atoms with Crippen LogP contribution in [-0.2, 0) is 10.3 Å². The molecule has 1 aliphatic carbocycles. The molecule has 1 aromatic rings. The van der Waals surface area contributed by atoms with E-state index in [0.29, 0.717) is 12.3 Å². The van der Waals surface area contributed by atoms with E-state index in [1.54, 1.807) is 7.11 Å². The Bertz CT molecular complexity index is 499. The molecule has 21 heavy (non-hydrogen) atoms. The second-order valence-corrected chi connectivity index (χ2v) is 6.43. The number of nitrogens with two attached hydrogens (primary N) is 1. The average Bonchev–Trinajstić information content (AvgIpc) is 2.83. The molecule has 2 rings (SSSR count). The normalized spacial score (nSPS) is 22.1. The van der Waals surface area contributed by atoms with Crippen LogP contribution in [0, 0.1) is 5.92 Å². The van der Waals surface area contributed by atoms with Crippen molar-refractivity contribution in [3.63, 3.8) is 0 Å². The number of amides is 1. The fourth-order valence-electron chi connectivity index (χ4n) is 3.18. The highest BCUT2D eigenvalue weighted by atomic mass is 16.5. The van der Waals surface area contributed by atoms with Crippen LogP contribution in [0.15, 0.2) is 24.3 Å². The molecule has 1 aromatic carbocycles. The molecular formula is C17H26N2O2. The van der Waals surface area contributed by atoms with Gasteiger partial charge in [0.05, 0.1) is 12.6 Å². The van der Waals surface area contributed by atoms with E-state index in [-0.39, 0.29) is 11.9 Å². The van der Waals surface area contributed by atoms with Gasteiger partial charge in [-0.3, -0.25) is 4.79 Å². The van der Waals surface area contributed by atoms with Gasteiger partial charge in [0, 0.05) is 18.0 Å². The summed E-state index contributed by atoms with van der Waals surface area (Å²) >= 11 is 0. The number of para-hydroxylation sites is 1. The summed E-state index contributed by atoms with van der Waals surface area (Å²) in [4.78, 5) is 12.3. The van der Waals surface area contributed by atoms with Crippen molar-refractivity contribution in [1.29, 1.82) is 0 Å². The Morgan fingerprint density at radius 3 is 2.71 bits per heavy atom. The van der Waals surface area contributed by atoms with E-state index in [2.05, 4.69) is 5.32 Å². The van der Waals surface area contributed by atoms with Gasteiger partial charge in [-0.1, -0.05) is 24.6 Å². The summed E-state index contributed by atoms with van der Waals surface area (Å²) in [6.45, 7) is 3.99. The third-order valence-electron chi connectivity index (χ3n) is 4.40. The number of carbonyl (C=O) groups excluding carboxylic acids is 1. The minimum Gasteiger partial charge on any atom is -0.496 e. The van der Waals surface area contributed by atoms with Crippen LogP contribution in [0.1, 0.15) is 45.1 Å². The average molecular weight is 290 g/mol. The van der Waals surface area contributed by atoms with Gasteiger partial charge in [0.25, 0.3) is 0 Å². The summed E-state index contributed by atoms with van der Waals surface area (Å²) < 4.78 is 5.39. The molecule has 2 atom stereocenters. The molecule has 1 saturated carbocycles. The molecule has 0 aliphatic heterocycles. The Morgan fingerprint density at radius 1 is 1.38 bits per heavy atom. The molecule has 0 saturated heterocycles. The molecule has 1 amide bonds. The van der Waals surface area contributed by atoms with E-state index in [1.807, 2.05) is 38.1 Å². The maximum absolute atomic E-state index is 12.3. The molecule has 4 heteroatoms. The van der Waals surface area contributed by atoms with Crippen LogP contribution in [0.3, 0.4) is 0 Å². The summed E-state index contributed by atoms with van der Waals surface area (Å²) in [5, 5.41) is 3.12. The molecule has 1 aliphatic rings. The van der Waals surface area contributed by atoms with Crippen LogP contribution in [0.4, 0.5) is 0 Å². The minimum absolute atomic E-state index is 0.0632. The predicted molar refractivity (Wildman–Crippen MR) is 84.1 cm³/mol. The van der Waals surface area contributed by atoms with Gasteiger partial charge in [0.2, 0.25) is 5.91 Å². The molecule has 0 unspecified atom stereocenters. The zero-order valence-electron chi connectivity index (χ0n) is 13.2. The lowest BCUT2D eigenvalue weighted by Gasteiger charge is -2.29. The van der Waals surface area contributed by atoms with Gasteiger partial charge in [-0.2, -0.15) is 0 Å². The summed E-state index contributed by atoms with van der Waals surface area (Å²) in [5.74, 6) is 1.17. The molecule has 0 radical (unpaired) electrons. The Labute approximate surface area is 127 Å². The maximum Gasteiger partial charge on any atom is 0.221 e. The van der Waals surface area contributed by atoms with Crippen LogP contribution in [-0.4, -0.2) is 19.1 Å². The molecule has 3 N–H and O–H groups in total. The second-order valence-electron chi connectivity index (χ2n) is 6.43. The molecule has 1 fully saturated rings. The van der Waals surface area contributed by atoms with E-state index >= 15 is 0 Å². The Balaban J connectivity index is 2.04. The first kappa shape index (κ1) is 15.8. The van der Waals surface area contributed by atoms with Crippen LogP contribution in [0.2, 0.25) is 0 Å². The molecular weight excluding hydrogens is 264 g/mol. The molecule has 4 nitrogen and oxygen atoms in total. The number of methoxy groups -OCH3 is 1. The van der Waals surface area contributed by atoms with Crippen molar-refractivity contribution >= 4 is 5.91 Å². The zero-order chi connectivity index (χ0) is 15.5. The van der Waals surface area contributed by atoms with Gasteiger partial charge in [0.15, 0.2) is 0 Å². The van der Waals surface area contributed by atoms with Gasteiger partial charge in [0.1, 0.15) is 5.75 Å². The van der Waals surface area contributed by atoms with E-state index in [9.17, 15) is 4.79 Å². The highest BCUT2D eigenvalue weighted by molar-refractivity contribution is 5.77. The molecule has 0 bridgehead atoms. The third kappa shape index (κ3) is 3.76. The van der Waals surface area contributed by atoms with Crippen LogP contribution < -0.4 is 15.8 Å². The summed E-state index contributed by atoms with van der Waals surface area (Å²) in [6.07, 6.45) is 3.74. The number of carbonyl (C=O) groups is 1. The fraction of sp³-hybridized carbons (Fsp3) is 0.588. The fourth-order valence-corrected chi connectivity index (χ4v) is 3.18. The Morgan fingerprint density at radius 2 is 2.10 bits per heavy atom. The van der Waals surface area contributed by atoms with Gasteiger partial charge in [-0.05, 0) is 38.7 Å². The minimum atomic E-state index is -0.466. The van der Waals surface area contributed by atoms with Gasteiger partial charge < -0.3 is 15.8 Å². The Hall–Kier alpha value is -1.55. The van der Waals surface area contributed by atoms with Crippen molar-refractivity contribution in [2.75, 3.05) is 7.11 Å². The highest BCUT2D eigenvalue weighted by Crippen LogP contribution is 2.31. The van der Waals surface area contributed by atoms with E-state index in [4.69, 9.17) is 10.5 Å². The smallest absolute Gasteiger partial charge is 0.221 e. The van der Waals surface area contributed by atoms with Crippen molar-refractivity contribution in [2.45, 2.75) is 51.1 Å². The van der Waals surface area contributed by atoms with Crippen LogP contribution in [0.25, 0.3) is 0 Å². The first-order chi connectivity index (χ1) is 9.94. The standard InChI is InChI=1S/C17H26N2O2/c1-17(2,13-8-4-5-10-15(13)21-3)19-16(20)11-12-7-6-9-14(12)18/h4-5,8,10,12,14H,6-7,9,11,18H2,1-3H3,(H,19,20)/t12-,14+/m0/s1. The largest absolute Gasteiger partial charge is 0.496 e. The molecule has 0 aromatic heterocycles. The lowest BCUT2D eigenvalue weighted by Crippen LogP contribution is -2.42. The maximum atomic E-state index is 12.3. The second kappa shape index (κ2) is 6.48. The first-order valence-corrected chi connectivity index (χ1v) is 7.64. The lowest BCUT2D eigenvalue weighted by molar-refractivity contribution is -0.123. The number of hydrogen-bond donors (Lipinski definition) is 2. The molecule has 0 heterocycles. The zero-order valence-corrected chi connectivity index (χ0v) is 13.2. The third-order valence-corrected chi connectivity index (χ3v) is 4.40. The van der Waals surface area contributed by atoms with Crippen LogP contribution >= 0.6 is 0 Å². The summed E-state index contributed by atoms with van der Waals surface area (Å²) in [5.41, 5.74) is 6.56. The SMILES string of the molecule is COc1ccccc1C(C)(C)NC(=O)C[C@@H]1CCC[C@H]1N. The van der Waals surface area contributed by atoms with E-state index in [0.717, 1.165) is 30.6 Å². The van der Waals surface area contributed by atoms with Crippen molar-refractivity contribution in [3.05, 3.63) is 29.8 Å². The number of ether oxygens (including phenoxy) is 1. The van der Waals surface area contributed by atoms with E-state index in [1.165, 1.54) is 0 Å².